The van der Waals surface area contributed by atoms with Crippen molar-refractivity contribution in [2.75, 3.05) is 11.9 Å². The third-order valence-corrected chi connectivity index (χ3v) is 7.39. The number of nitrogens with zero attached hydrogens (tertiary/aromatic N) is 2. The van der Waals surface area contributed by atoms with Crippen LogP contribution in [-0.4, -0.2) is 35.6 Å². The Bertz CT molecular complexity index is 1440. The molecular formula is C24H16Br2N2O4. The van der Waals surface area contributed by atoms with Gasteiger partial charge in [-0.1, -0.05) is 25.1 Å². The van der Waals surface area contributed by atoms with Gasteiger partial charge in [-0.05, 0) is 68.5 Å². The van der Waals surface area contributed by atoms with E-state index in [0.29, 0.717) is 31.8 Å². The van der Waals surface area contributed by atoms with Crippen LogP contribution in [0.2, 0.25) is 0 Å². The number of imide groups is 2. The predicted molar refractivity (Wildman–Crippen MR) is 127 cm³/mol. The first-order valence-corrected chi connectivity index (χ1v) is 11.6. The monoisotopic (exact) mass is 554 g/mol. The first kappa shape index (κ1) is 21.0. The average molecular weight is 556 g/mol. The number of hydrogen-bond acceptors (Lipinski definition) is 4. The van der Waals surface area contributed by atoms with E-state index >= 15 is 0 Å². The molecule has 6 nitrogen and oxygen atoms in total. The highest BCUT2D eigenvalue weighted by atomic mass is 79.9. The van der Waals surface area contributed by atoms with E-state index in [1.54, 1.807) is 12.1 Å². The summed E-state index contributed by atoms with van der Waals surface area (Å²) in [7, 11) is 1.41. The van der Waals surface area contributed by atoms with Crippen molar-refractivity contribution in [3.8, 4) is 0 Å². The molecule has 3 aromatic carbocycles. The van der Waals surface area contributed by atoms with Gasteiger partial charge >= 0.3 is 0 Å². The van der Waals surface area contributed by atoms with Crippen LogP contribution in [0.1, 0.15) is 59.5 Å². The summed E-state index contributed by atoms with van der Waals surface area (Å²) in [6.45, 7) is 3.83. The van der Waals surface area contributed by atoms with Crippen LogP contribution < -0.4 is 4.90 Å². The zero-order chi connectivity index (χ0) is 23.1. The molecule has 4 amide bonds. The molecule has 0 bridgehead atoms. The Labute approximate surface area is 200 Å². The molecule has 0 N–H and O–H groups in total. The van der Waals surface area contributed by atoms with Crippen LogP contribution in [0, 0.1) is 6.92 Å². The van der Waals surface area contributed by atoms with E-state index in [9.17, 15) is 19.2 Å². The zero-order valence-corrected chi connectivity index (χ0v) is 20.5. The van der Waals surface area contributed by atoms with Crippen molar-refractivity contribution in [2.24, 2.45) is 0 Å². The van der Waals surface area contributed by atoms with Gasteiger partial charge in [-0.3, -0.25) is 24.1 Å². The molecule has 0 fully saturated rings. The predicted octanol–water partition coefficient (Wildman–Crippen LogP) is 5.26. The number of para-hydroxylation sites is 1. The van der Waals surface area contributed by atoms with Gasteiger partial charge in [0.05, 0.1) is 22.4 Å². The Morgan fingerprint density at radius 3 is 1.97 bits per heavy atom. The summed E-state index contributed by atoms with van der Waals surface area (Å²) in [5.41, 5.74) is 3.33. The first-order valence-electron chi connectivity index (χ1n) is 9.97. The van der Waals surface area contributed by atoms with Gasteiger partial charge < -0.3 is 0 Å². The molecule has 3 aromatic rings. The minimum Gasteiger partial charge on any atom is -0.277 e. The van der Waals surface area contributed by atoms with Gasteiger partial charge in [0.2, 0.25) is 0 Å². The minimum absolute atomic E-state index is 0.266. The highest BCUT2D eigenvalue weighted by molar-refractivity contribution is 9.10. The highest BCUT2D eigenvalue weighted by Gasteiger charge is 2.42. The topological polar surface area (TPSA) is 74.8 Å². The van der Waals surface area contributed by atoms with E-state index in [0.717, 1.165) is 16.0 Å². The fourth-order valence-electron chi connectivity index (χ4n) is 4.62. The number of aryl methyl sites for hydroxylation is 2. The summed E-state index contributed by atoms with van der Waals surface area (Å²) in [5, 5.41) is 0.669. The molecule has 2 aliphatic heterocycles. The maximum Gasteiger partial charge on any atom is 0.267 e. The number of benzene rings is 3. The molecule has 0 unspecified atom stereocenters. The maximum atomic E-state index is 13.8. The molecule has 32 heavy (non-hydrogen) atoms. The number of anilines is 1. The fraction of sp³-hybridized carbons (Fsp3) is 0.167. The number of halogens is 2. The second-order valence-corrected chi connectivity index (χ2v) is 9.57. The van der Waals surface area contributed by atoms with Gasteiger partial charge in [-0.2, -0.15) is 0 Å². The van der Waals surface area contributed by atoms with Gasteiger partial charge in [0.15, 0.2) is 0 Å². The van der Waals surface area contributed by atoms with Crippen LogP contribution in [0.3, 0.4) is 0 Å². The van der Waals surface area contributed by atoms with Gasteiger partial charge in [0.25, 0.3) is 23.6 Å². The molecule has 0 aromatic heterocycles. The molecule has 160 valence electrons. The van der Waals surface area contributed by atoms with Crippen molar-refractivity contribution in [3.05, 3.63) is 72.7 Å². The smallest absolute Gasteiger partial charge is 0.267 e. The van der Waals surface area contributed by atoms with Crippen LogP contribution in [0.5, 0.6) is 0 Å². The SMILES string of the molecule is CCc1cccc(C)c1N1C(=O)c2cc(Br)c3c4c(cc(Br)c(c24)C1=O)C(=O)N(C)C3=O. The van der Waals surface area contributed by atoms with Gasteiger partial charge in [0, 0.05) is 32.3 Å². The lowest BCUT2D eigenvalue weighted by atomic mass is 9.85. The maximum absolute atomic E-state index is 13.8. The Balaban J connectivity index is 1.91. The Morgan fingerprint density at radius 2 is 1.38 bits per heavy atom. The molecule has 5 rings (SSSR count). The summed E-state index contributed by atoms with van der Waals surface area (Å²) < 4.78 is 0.807. The van der Waals surface area contributed by atoms with Crippen LogP contribution in [0.25, 0.3) is 10.8 Å². The lowest BCUT2D eigenvalue weighted by Crippen LogP contribution is -2.43. The van der Waals surface area contributed by atoms with Crippen molar-refractivity contribution >= 4 is 71.9 Å². The normalized spacial score (nSPS) is 15.3. The van der Waals surface area contributed by atoms with E-state index in [1.807, 2.05) is 32.0 Å². The van der Waals surface area contributed by atoms with Crippen molar-refractivity contribution in [2.45, 2.75) is 20.3 Å². The summed E-state index contributed by atoms with van der Waals surface area (Å²) in [4.78, 5) is 55.6. The Kier molecular flexibility index (Phi) is 4.65. The van der Waals surface area contributed by atoms with Crippen molar-refractivity contribution in [1.82, 2.24) is 4.90 Å². The molecule has 0 aliphatic carbocycles. The molecule has 0 atom stereocenters. The lowest BCUT2D eigenvalue weighted by Gasteiger charge is -2.33. The van der Waals surface area contributed by atoms with Gasteiger partial charge in [0.1, 0.15) is 0 Å². The van der Waals surface area contributed by atoms with Gasteiger partial charge in [-0.15, -0.1) is 0 Å². The number of amides is 4. The second kappa shape index (κ2) is 7.08. The Morgan fingerprint density at radius 1 is 0.812 bits per heavy atom. The summed E-state index contributed by atoms with van der Waals surface area (Å²) >= 11 is 6.88. The fourth-order valence-corrected chi connectivity index (χ4v) is 5.81. The van der Waals surface area contributed by atoms with Crippen molar-refractivity contribution in [1.29, 1.82) is 0 Å². The highest BCUT2D eigenvalue weighted by Crippen LogP contribution is 2.45. The largest absolute Gasteiger partial charge is 0.277 e. The average Bonchev–Trinajstić information content (AvgIpc) is 2.76. The number of carbonyl (C=O) groups excluding carboxylic acids is 4. The first-order chi connectivity index (χ1) is 15.2. The molecule has 0 saturated heterocycles. The Hall–Kier alpha value is -2.84. The molecule has 2 heterocycles. The standard InChI is InChI=1S/C24H16Br2N2O4/c1-4-11-7-5-6-10(2)20(11)28-22(30)13-9-14(25)18-16-12(21(29)27(3)23(18)31)8-15(26)19(17(13)16)24(28)32/h5-9H,4H2,1-3H3. The summed E-state index contributed by atoms with van der Waals surface area (Å²) in [6, 6.07) is 8.80. The lowest BCUT2D eigenvalue weighted by molar-refractivity contribution is 0.0648. The molecule has 8 heteroatoms. The van der Waals surface area contributed by atoms with E-state index < -0.39 is 23.6 Å². The quantitative estimate of drug-likeness (QED) is 0.404. The zero-order valence-electron chi connectivity index (χ0n) is 17.4. The van der Waals surface area contributed by atoms with E-state index in [2.05, 4.69) is 31.9 Å². The minimum atomic E-state index is -0.489. The van der Waals surface area contributed by atoms with E-state index in [-0.39, 0.29) is 22.3 Å². The van der Waals surface area contributed by atoms with Crippen LogP contribution in [-0.2, 0) is 6.42 Å². The third kappa shape index (κ3) is 2.56. The van der Waals surface area contributed by atoms with Crippen LogP contribution in [0.15, 0.2) is 39.3 Å². The molecule has 0 saturated carbocycles. The number of rotatable bonds is 2. The summed E-state index contributed by atoms with van der Waals surface area (Å²) in [5.74, 6) is -1.93. The van der Waals surface area contributed by atoms with Crippen LogP contribution in [0.4, 0.5) is 5.69 Å². The molecule has 0 radical (unpaired) electrons. The second-order valence-electron chi connectivity index (χ2n) is 7.86. The number of hydrogen-bond donors (Lipinski definition) is 0. The van der Waals surface area contributed by atoms with E-state index in [1.165, 1.54) is 11.9 Å². The number of carbonyl (C=O) groups is 4. The molecular weight excluding hydrogens is 540 g/mol. The molecule has 0 spiro atoms. The van der Waals surface area contributed by atoms with Crippen molar-refractivity contribution < 1.29 is 19.2 Å². The summed E-state index contributed by atoms with van der Waals surface area (Å²) in [6.07, 6.45) is 0.647. The third-order valence-electron chi connectivity index (χ3n) is 6.14. The van der Waals surface area contributed by atoms with Crippen molar-refractivity contribution in [3.63, 3.8) is 0 Å². The molecule has 2 aliphatic rings. The van der Waals surface area contributed by atoms with Crippen LogP contribution >= 0.6 is 31.9 Å². The van der Waals surface area contributed by atoms with E-state index in [4.69, 9.17) is 0 Å². The van der Waals surface area contributed by atoms with Gasteiger partial charge in [-0.25, -0.2) is 4.90 Å².